The van der Waals surface area contributed by atoms with E-state index in [9.17, 15) is 19.5 Å². The first-order valence-corrected chi connectivity index (χ1v) is 14.8. The number of unbranched alkanes of at least 4 members (excludes halogenated alkanes) is 3. The van der Waals surface area contributed by atoms with Gasteiger partial charge in [0.05, 0.1) is 28.8 Å². The molecule has 3 aliphatic heterocycles. The van der Waals surface area contributed by atoms with Crippen molar-refractivity contribution >= 4 is 35.1 Å². The molecule has 0 saturated carbocycles. The maximum Gasteiger partial charge on any atom is 0.312 e. The third-order valence-corrected chi connectivity index (χ3v) is 9.06. The number of carbonyl (C=O) groups is 3. The molecule has 0 aliphatic carbocycles. The number of carbonyl (C=O) groups excluding carboxylic acids is 3. The Morgan fingerprint density at radius 3 is 2.65 bits per heavy atom. The van der Waals surface area contributed by atoms with Crippen molar-refractivity contribution in [3.05, 3.63) is 54.6 Å². The molecule has 3 heterocycles. The Labute approximate surface area is 241 Å². The van der Waals surface area contributed by atoms with Crippen molar-refractivity contribution in [1.82, 2.24) is 4.90 Å². The van der Waals surface area contributed by atoms with Gasteiger partial charge in [0.25, 0.3) is 5.91 Å². The van der Waals surface area contributed by atoms with Crippen molar-refractivity contribution < 1.29 is 29.0 Å². The maximum atomic E-state index is 14.6. The standard InChI is InChI=1S/C31H41ClN2O6/c1-4-7-13-21-39-29(38)25-24-27(36)34(19-11-8-12-20-35)26(31(24)17-16-30(25,6-3)40-31)28(37)33(18-5-2)23-15-10-9-14-22(23)32/h4-5,9-10,14-15,24-26,35H,1-2,6-8,11-13,16-21H2,3H3/t24-,25+,26?,30-,31?/m0/s1. The zero-order chi connectivity index (χ0) is 28.9. The lowest BCUT2D eigenvalue weighted by Crippen LogP contribution is -2.56. The fourth-order valence-electron chi connectivity index (χ4n) is 6.91. The minimum Gasteiger partial charge on any atom is -0.465 e. The highest BCUT2D eigenvalue weighted by atomic mass is 35.5. The number of anilines is 1. The van der Waals surface area contributed by atoms with E-state index in [0.717, 1.165) is 6.42 Å². The number of likely N-dealkylation sites (tertiary alicyclic amines) is 1. The first kappa shape index (κ1) is 30.3. The van der Waals surface area contributed by atoms with E-state index < -0.39 is 35.0 Å². The van der Waals surface area contributed by atoms with E-state index in [1.54, 1.807) is 46.2 Å². The number of hydrogen-bond acceptors (Lipinski definition) is 6. The molecular formula is C31H41ClN2O6. The lowest BCUT2D eigenvalue weighted by atomic mass is 9.65. The van der Waals surface area contributed by atoms with E-state index in [-0.39, 0.29) is 31.6 Å². The molecule has 40 heavy (non-hydrogen) atoms. The molecule has 9 heteroatoms. The average Bonchev–Trinajstić information content (AvgIpc) is 3.56. The van der Waals surface area contributed by atoms with Gasteiger partial charge in [-0.05, 0) is 63.5 Å². The van der Waals surface area contributed by atoms with Crippen LogP contribution in [0.1, 0.15) is 58.3 Å². The van der Waals surface area contributed by atoms with Gasteiger partial charge in [-0.3, -0.25) is 14.4 Å². The monoisotopic (exact) mass is 572 g/mol. The molecule has 5 atom stereocenters. The second-order valence-corrected chi connectivity index (χ2v) is 11.3. The molecule has 1 N–H and O–H groups in total. The molecule has 2 amide bonds. The number of benzene rings is 1. The molecule has 0 radical (unpaired) electrons. The average molecular weight is 573 g/mol. The lowest BCUT2D eigenvalue weighted by Gasteiger charge is -2.37. The van der Waals surface area contributed by atoms with Crippen LogP contribution in [-0.4, -0.2) is 71.3 Å². The summed E-state index contributed by atoms with van der Waals surface area (Å²) in [6, 6.07) is 6.16. The number of fused-ring (bicyclic) bond motifs is 1. The highest BCUT2D eigenvalue weighted by Gasteiger charge is 2.79. The SMILES string of the molecule is C=CCCCOC(=O)[C@H]1[C@H]2C(=O)N(CCCCCO)C(C(=O)N(CC=C)c3ccccc3Cl)C23CC[C@]1(CC)O3. The van der Waals surface area contributed by atoms with E-state index in [2.05, 4.69) is 13.2 Å². The summed E-state index contributed by atoms with van der Waals surface area (Å²) in [6.45, 7) is 10.3. The Morgan fingerprint density at radius 1 is 1.20 bits per heavy atom. The van der Waals surface area contributed by atoms with Crippen molar-refractivity contribution in [3.63, 3.8) is 0 Å². The van der Waals surface area contributed by atoms with E-state index in [1.807, 2.05) is 6.92 Å². The topological polar surface area (TPSA) is 96.4 Å². The molecule has 3 saturated heterocycles. The number of para-hydroxylation sites is 1. The van der Waals surface area contributed by atoms with Gasteiger partial charge in [0.2, 0.25) is 5.91 Å². The van der Waals surface area contributed by atoms with Crippen LogP contribution in [0.5, 0.6) is 0 Å². The summed E-state index contributed by atoms with van der Waals surface area (Å²) in [5.41, 5.74) is -1.48. The van der Waals surface area contributed by atoms with Gasteiger partial charge in [-0.15, -0.1) is 13.2 Å². The molecule has 218 valence electrons. The highest BCUT2D eigenvalue weighted by molar-refractivity contribution is 6.34. The van der Waals surface area contributed by atoms with Crippen LogP contribution in [0.3, 0.4) is 0 Å². The first-order valence-electron chi connectivity index (χ1n) is 14.4. The van der Waals surface area contributed by atoms with Crippen LogP contribution in [-0.2, 0) is 23.9 Å². The fraction of sp³-hybridized carbons (Fsp3) is 0.581. The predicted molar refractivity (Wildman–Crippen MR) is 154 cm³/mol. The van der Waals surface area contributed by atoms with Gasteiger partial charge in [-0.1, -0.05) is 42.8 Å². The zero-order valence-corrected chi connectivity index (χ0v) is 24.1. The molecule has 3 fully saturated rings. The van der Waals surface area contributed by atoms with Crippen LogP contribution in [0.2, 0.25) is 5.02 Å². The number of hydrogen-bond donors (Lipinski definition) is 1. The van der Waals surface area contributed by atoms with Gasteiger partial charge in [0, 0.05) is 19.7 Å². The molecule has 0 aromatic heterocycles. The quantitative estimate of drug-likeness (QED) is 0.186. The van der Waals surface area contributed by atoms with E-state index in [4.69, 9.17) is 21.1 Å². The molecule has 3 aliphatic rings. The Kier molecular flexibility index (Phi) is 9.75. The molecule has 1 aromatic carbocycles. The minimum atomic E-state index is -1.15. The second-order valence-electron chi connectivity index (χ2n) is 10.9. The van der Waals surface area contributed by atoms with Crippen LogP contribution in [0.4, 0.5) is 5.69 Å². The second kappa shape index (κ2) is 12.9. The Hall–Kier alpha value is -2.68. The number of allylic oxidation sites excluding steroid dienone is 1. The van der Waals surface area contributed by atoms with Gasteiger partial charge in [0.1, 0.15) is 17.6 Å². The number of amides is 2. The molecular weight excluding hydrogens is 532 g/mol. The van der Waals surface area contributed by atoms with Gasteiger partial charge in [0.15, 0.2) is 0 Å². The Bertz CT molecular complexity index is 1130. The molecule has 1 aromatic rings. The summed E-state index contributed by atoms with van der Waals surface area (Å²) in [5, 5.41) is 9.68. The summed E-state index contributed by atoms with van der Waals surface area (Å²) in [6.07, 6.45) is 8.28. The number of rotatable bonds is 15. The smallest absolute Gasteiger partial charge is 0.312 e. The fourth-order valence-corrected chi connectivity index (χ4v) is 7.15. The summed E-state index contributed by atoms with van der Waals surface area (Å²) in [5.74, 6) is -2.58. The number of ether oxygens (including phenoxy) is 2. The van der Waals surface area contributed by atoms with Crippen molar-refractivity contribution in [3.8, 4) is 0 Å². The van der Waals surface area contributed by atoms with Crippen molar-refractivity contribution in [1.29, 1.82) is 0 Å². The Balaban J connectivity index is 1.74. The number of nitrogens with zero attached hydrogens (tertiary/aromatic N) is 2. The third-order valence-electron chi connectivity index (χ3n) is 8.74. The van der Waals surface area contributed by atoms with Gasteiger partial charge in [-0.25, -0.2) is 0 Å². The molecule has 2 unspecified atom stereocenters. The predicted octanol–water partition coefficient (Wildman–Crippen LogP) is 4.69. The first-order chi connectivity index (χ1) is 19.3. The van der Waals surface area contributed by atoms with Gasteiger partial charge >= 0.3 is 5.97 Å². The van der Waals surface area contributed by atoms with Crippen LogP contribution in [0.15, 0.2) is 49.6 Å². The Morgan fingerprint density at radius 2 is 1.98 bits per heavy atom. The summed E-state index contributed by atoms with van der Waals surface area (Å²) in [7, 11) is 0. The third kappa shape index (κ3) is 5.21. The number of halogens is 1. The normalized spacial score (nSPS) is 28.4. The number of aliphatic hydroxyl groups is 1. The van der Waals surface area contributed by atoms with Crippen LogP contribution in [0, 0.1) is 11.8 Å². The molecule has 1 spiro atoms. The molecule has 4 rings (SSSR count). The van der Waals surface area contributed by atoms with E-state index >= 15 is 0 Å². The summed E-state index contributed by atoms with van der Waals surface area (Å²) < 4.78 is 12.5. The van der Waals surface area contributed by atoms with Crippen molar-refractivity contribution in [2.75, 3.05) is 31.2 Å². The van der Waals surface area contributed by atoms with Crippen LogP contribution >= 0.6 is 11.6 Å². The van der Waals surface area contributed by atoms with Crippen LogP contribution < -0.4 is 4.90 Å². The number of esters is 1. The van der Waals surface area contributed by atoms with Gasteiger partial charge in [-0.2, -0.15) is 0 Å². The largest absolute Gasteiger partial charge is 0.465 e. The van der Waals surface area contributed by atoms with Gasteiger partial charge < -0.3 is 24.4 Å². The lowest BCUT2D eigenvalue weighted by molar-refractivity contribution is -0.161. The minimum absolute atomic E-state index is 0.0599. The summed E-state index contributed by atoms with van der Waals surface area (Å²) in [4.78, 5) is 45.5. The maximum absolute atomic E-state index is 14.6. The van der Waals surface area contributed by atoms with Crippen molar-refractivity contribution in [2.45, 2.75) is 75.5 Å². The molecule has 8 nitrogen and oxygen atoms in total. The van der Waals surface area contributed by atoms with E-state index in [1.165, 1.54) is 0 Å². The number of aliphatic hydroxyl groups excluding tert-OH is 1. The van der Waals surface area contributed by atoms with Crippen LogP contribution in [0.25, 0.3) is 0 Å². The van der Waals surface area contributed by atoms with Crippen molar-refractivity contribution in [2.24, 2.45) is 11.8 Å². The van der Waals surface area contributed by atoms with E-state index in [0.29, 0.717) is 62.2 Å². The summed E-state index contributed by atoms with van der Waals surface area (Å²) >= 11 is 6.53. The highest BCUT2D eigenvalue weighted by Crippen LogP contribution is 2.64. The molecule has 2 bridgehead atoms. The zero-order valence-electron chi connectivity index (χ0n) is 23.4.